The molecule has 0 bridgehead atoms. The summed E-state index contributed by atoms with van der Waals surface area (Å²) in [6.07, 6.45) is 1.61. The molecule has 11 heavy (non-hydrogen) atoms. The summed E-state index contributed by atoms with van der Waals surface area (Å²) in [4.78, 5) is 11.2. The van der Waals surface area contributed by atoms with Gasteiger partial charge in [0, 0.05) is 6.54 Å². The molecule has 0 spiro atoms. The van der Waals surface area contributed by atoms with Crippen molar-refractivity contribution in [2.24, 2.45) is 0 Å². The highest BCUT2D eigenvalue weighted by atomic mass is 16.4. The van der Waals surface area contributed by atoms with Gasteiger partial charge in [0.15, 0.2) is 6.19 Å². The van der Waals surface area contributed by atoms with Crippen LogP contribution in [0.5, 0.6) is 0 Å². The molecular weight excluding hydrogens is 146 g/mol. The number of rotatable bonds is 3. The van der Waals surface area contributed by atoms with Gasteiger partial charge in [-0.05, 0) is 6.92 Å². The van der Waals surface area contributed by atoms with Crippen LogP contribution in [0.1, 0.15) is 6.92 Å². The molecule has 5 heteroatoms. The zero-order valence-electron chi connectivity index (χ0n) is 5.98. The van der Waals surface area contributed by atoms with Crippen molar-refractivity contribution in [3.63, 3.8) is 0 Å². The number of carbonyl (C=O) groups is 1. The highest BCUT2D eigenvalue weighted by Crippen LogP contribution is 1.95. The Morgan fingerprint density at radius 2 is 2.27 bits per heavy atom. The van der Waals surface area contributed by atoms with Crippen molar-refractivity contribution in [3.05, 3.63) is 0 Å². The lowest BCUT2D eigenvalue weighted by Gasteiger charge is -2.14. The molecule has 0 aliphatic heterocycles. The molecule has 0 heterocycles. The molecule has 58 valence electrons. The second kappa shape index (κ2) is 4.13. The summed E-state index contributed by atoms with van der Waals surface area (Å²) in [6, 6.07) is 0.151. The second-order valence-corrected chi connectivity index (χ2v) is 1.76. The van der Waals surface area contributed by atoms with Gasteiger partial charge < -0.3 is 5.11 Å². The van der Waals surface area contributed by atoms with E-state index in [0.717, 1.165) is 4.90 Å². The van der Waals surface area contributed by atoms with Gasteiger partial charge in [0.25, 0.3) is 0 Å². The second-order valence-electron chi connectivity index (χ2n) is 1.76. The normalized spacial score (nSPS) is 10.8. The fourth-order valence-corrected chi connectivity index (χ4v) is 0.569. The van der Waals surface area contributed by atoms with E-state index in [2.05, 4.69) is 0 Å². The lowest BCUT2D eigenvalue weighted by molar-refractivity contribution is -0.140. The first-order valence-corrected chi connectivity index (χ1v) is 2.96. The number of hydrogen-bond acceptors (Lipinski definition) is 4. The maximum absolute atomic E-state index is 10.3. The predicted octanol–water partition coefficient (Wildman–Crippen LogP) is -0.234. The summed E-state index contributed by atoms with van der Waals surface area (Å²) in [5.74, 6) is -1.30. The molecule has 0 fully saturated rings. The molecular formula is C6H7N3O2. The zero-order valence-corrected chi connectivity index (χ0v) is 5.98. The molecule has 0 aromatic carbocycles. The topological polar surface area (TPSA) is 88.1 Å². The highest BCUT2D eigenvalue weighted by molar-refractivity contribution is 5.77. The van der Waals surface area contributed by atoms with Gasteiger partial charge in [0.05, 0.1) is 0 Å². The summed E-state index contributed by atoms with van der Waals surface area (Å²) in [5, 5.41) is 25.0. The van der Waals surface area contributed by atoms with E-state index in [4.69, 9.17) is 15.6 Å². The molecule has 1 atom stereocenters. The van der Waals surface area contributed by atoms with Crippen molar-refractivity contribution in [1.82, 2.24) is 4.90 Å². The number of carboxylic acids is 1. The minimum atomic E-state index is -1.36. The molecule has 0 radical (unpaired) electrons. The van der Waals surface area contributed by atoms with E-state index in [0.29, 0.717) is 0 Å². The van der Waals surface area contributed by atoms with Crippen molar-refractivity contribution < 1.29 is 9.90 Å². The average Bonchev–Trinajstić information content (AvgIpc) is 1.99. The first-order valence-electron chi connectivity index (χ1n) is 2.96. The number of likely N-dealkylation sites (N-methyl/N-ethyl adjacent to an activating group) is 1. The van der Waals surface area contributed by atoms with E-state index in [1.807, 2.05) is 0 Å². The number of aliphatic carboxylic acids is 1. The SMILES string of the molecule is CCN(C#N)C(C#N)C(=O)O. The molecule has 0 rings (SSSR count). The summed E-state index contributed by atoms with van der Waals surface area (Å²) >= 11 is 0. The standard InChI is InChI=1S/C6H7N3O2/c1-2-9(4-8)5(3-7)6(10)11/h5H,2H2,1H3,(H,10,11). The summed E-state index contributed by atoms with van der Waals surface area (Å²) in [5.41, 5.74) is 0. The minimum absolute atomic E-state index is 0.223. The van der Waals surface area contributed by atoms with Crippen molar-refractivity contribution in [3.8, 4) is 12.3 Å². The van der Waals surface area contributed by atoms with E-state index in [9.17, 15) is 4.79 Å². The van der Waals surface area contributed by atoms with Crippen molar-refractivity contribution in [2.45, 2.75) is 13.0 Å². The van der Waals surface area contributed by atoms with Crippen LogP contribution >= 0.6 is 0 Å². The van der Waals surface area contributed by atoms with Gasteiger partial charge in [-0.25, -0.2) is 4.79 Å². The van der Waals surface area contributed by atoms with Crippen LogP contribution in [0.4, 0.5) is 0 Å². The summed E-state index contributed by atoms with van der Waals surface area (Å²) in [7, 11) is 0. The van der Waals surface area contributed by atoms with Crippen LogP contribution in [0, 0.1) is 22.8 Å². The molecule has 1 unspecified atom stereocenters. The maximum Gasteiger partial charge on any atom is 0.342 e. The molecule has 0 amide bonds. The van der Waals surface area contributed by atoms with Crippen molar-refractivity contribution in [1.29, 1.82) is 10.5 Å². The third-order valence-corrected chi connectivity index (χ3v) is 1.14. The monoisotopic (exact) mass is 153 g/mol. The molecule has 0 aromatic heterocycles. The first-order chi connectivity index (χ1) is 5.17. The Morgan fingerprint density at radius 3 is 2.36 bits per heavy atom. The summed E-state index contributed by atoms with van der Waals surface area (Å²) < 4.78 is 0. The van der Waals surface area contributed by atoms with Crippen LogP contribution in [-0.2, 0) is 4.79 Å². The minimum Gasteiger partial charge on any atom is -0.479 e. The van der Waals surface area contributed by atoms with E-state index in [-0.39, 0.29) is 6.54 Å². The van der Waals surface area contributed by atoms with Crippen molar-refractivity contribution >= 4 is 5.97 Å². The molecule has 0 saturated heterocycles. The Hall–Kier alpha value is -1.75. The Labute approximate surface area is 64.1 Å². The fourth-order valence-electron chi connectivity index (χ4n) is 0.569. The Kier molecular flexibility index (Phi) is 3.47. The van der Waals surface area contributed by atoms with Gasteiger partial charge >= 0.3 is 5.97 Å². The van der Waals surface area contributed by atoms with E-state index in [1.165, 1.54) is 6.07 Å². The molecule has 5 nitrogen and oxygen atoms in total. The molecule has 0 aliphatic rings. The van der Waals surface area contributed by atoms with E-state index in [1.54, 1.807) is 13.1 Å². The largest absolute Gasteiger partial charge is 0.479 e. The van der Waals surface area contributed by atoms with E-state index >= 15 is 0 Å². The lowest BCUT2D eigenvalue weighted by atomic mass is 10.3. The smallest absolute Gasteiger partial charge is 0.342 e. The third kappa shape index (κ3) is 2.15. The zero-order chi connectivity index (χ0) is 8.85. The van der Waals surface area contributed by atoms with Crippen LogP contribution < -0.4 is 0 Å². The summed E-state index contributed by atoms with van der Waals surface area (Å²) in [6.45, 7) is 1.83. The number of hydrogen-bond donors (Lipinski definition) is 1. The predicted molar refractivity (Wildman–Crippen MR) is 35.0 cm³/mol. The van der Waals surface area contributed by atoms with Gasteiger partial charge in [-0.15, -0.1) is 0 Å². The van der Waals surface area contributed by atoms with Crippen LogP contribution in [0.25, 0.3) is 0 Å². The Balaban J connectivity index is 4.40. The number of nitrogens with zero attached hydrogens (tertiary/aromatic N) is 3. The van der Waals surface area contributed by atoms with Gasteiger partial charge in [0.2, 0.25) is 6.04 Å². The van der Waals surface area contributed by atoms with Gasteiger partial charge in [-0.3, -0.25) is 4.90 Å². The number of nitriles is 2. The van der Waals surface area contributed by atoms with Gasteiger partial charge in [-0.1, -0.05) is 0 Å². The number of carboxylic acid groups (broad SMARTS) is 1. The Bertz CT molecular complexity index is 225. The van der Waals surface area contributed by atoms with Crippen LogP contribution in [0.3, 0.4) is 0 Å². The molecule has 0 saturated carbocycles. The first kappa shape index (κ1) is 9.25. The molecule has 0 aromatic rings. The van der Waals surface area contributed by atoms with Gasteiger partial charge in [0.1, 0.15) is 6.07 Å². The highest BCUT2D eigenvalue weighted by Gasteiger charge is 2.22. The average molecular weight is 153 g/mol. The maximum atomic E-state index is 10.3. The Morgan fingerprint density at radius 1 is 1.73 bits per heavy atom. The molecule has 1 N–H and O–H groups in total. The molecule has 0 aliphatic carbocycles. The third-order valence-electron chi connectivity index (χ3n) is 1.14. The quantitative estimate of drug-likeness (QED) is 0.446. The van der Waals surface area contributed by atoms with Crippen LogP contribution in [0.2, 0.25) is 0 Å². The van der Waals surface area contributed by atoms with Gasteiger partial charge in [-0.2, -0.15) is 10.5 Å². The van der Waals surface area contributed by atoms with Crippen LogP contribution in [-0.4, -0.2) is 28.6 Å². The van der Waals surface area contributed by atoms with Crippen LogP contribution in [0.15, 0.2) is 0 Å². The van der Waals surface area contributed by atoms with E-state index < -0.39 is 12.0 Å². The fraction of sp³-hybridized carbons (Fsp3) is 0.500. The lowest BCUT2D eigenvalue weighted by Crippen LogP contribution is -2.36. The van der Waals surface area contributed by atoms with Crippen molar-refractivity contribution in [2.75, 3.05) is 6.54 Å².